The molecule has 0 spiro atoms. The molecular weight excluding hydrogens is 343 g/mol. The molecule has 6 heteroatoms. The number of hydrogen-bond acceptors (Lipinski definition) is 3. The number of anilines is 1. The van der Waals surface area contributed by atoms with Gasteiger partial charge < -0.3 is 5.32 Å². The summed E-state index contributed by atoms with van der Waals surface area (Å²) >= 11 is 0. The minimum atomic E-state index is -0.304. The van der Waals surface area contributed by atoms with Crippen LogP contribution < -0.4 is 5.32 Å². The van der Waals surface area contributed by atoms with E-state index in [9.17, 15) is 9.18 Å². The normalized spacial score (nSPS) is 15.1. The van der Waals surface area contributed by atoms with Crippen LogP contribution in [0.25, 0.3) is 16.8 Å². The van der Waals surface area contributed by atoms with Crippen molar-refractivity contribution in [3.63, 3.8) is 0 Å². The molecule has 5 nitrogen and oxygen atoms in total. The predicted octanol–water partition coefficient (Wildman–Crippen LogP) is 4.83. The maximum atomic E-state index is 13.3. The average molecular weight is 366 g/mol. The Kier molecular flexibility index (Phi) is 5.14. The molecule has 1 aliphatic rings. The van der Waals surface area contributed by atoms with Crippen molar-refractivity contribution in [1.82, 2.24) is 14.6 Å². The summed E-state index contributed by atoms with van der Waals surface area (Å²) < 4.78 is 15.0. The molecule has 4 rings (SSSR count). The fraction of sp³-hybridized carbons (Fsp3) is 0.381. The van der Waals surface area contributed by atoms with Gasteiger partial charge in [-0.25, -0.2) is 13.9 Å². The number of rotatable bonds is 5. The number of carbonyl (C=O) groups excluding carboxylic acids is 1. The summed E-state index contributed by atoms with van der Waals surface area (Å²) in [6.07, 6.45) is 11.2. The molecule has 1 fully saturated rings. The predicted molar refractivity (Wildman–Crippen MR) is 103 cm³/mol. The van der Waals surface area contributed by atoms with Gasteiger partial charge in [-0.3, -0.25) is 4.79 Å². The van der Waals surface area contributed by atoms with Crippen molar-refractivity contribution in [2.24, 2.45) is 5.92 Å². The lowest BCUT2D eigenvalue weighted by Gasteiger charge is -2.20. The zero-order valence-corrected chi connectivity index (χ0v) is 15.2. The standard InChI is InChI=1S/C21H23FN4O/c22-17-10-8-16(9-11-17)19-20(25-26-14-4-13-23-21(19)26)24-18(27)12-7-15-5-2-1-3-6-15/h4,8-11,13-15H,1-3,5-7,12H2,(H,24,25,27). The maximum Gasteiger partial charge on any atom is 0.225 e. The number of benzene rings is 1. The van der Waals surface area contributed by atoms with Crippen LogP contribution in [0.3, 0.4) is 0 Å². The van der Waals surface area contributed by atoms with Gasteiger partial charge in [-0.1, -0.05) is 44.2 Å². The first-order valence-corrected chi connectivity index (χ1v) is 9.60. The Morgan fingerprint density at radius 2 is 1.96 bits per heavy atom. The summed E-state index contributed by atoms with van der Waals surface area (Å²) in [4.78, 5) is 16.9. The molecule has 1 aromatic carbocycles. The van der Waals surface area contributed by atoms with Gasteiger partial charge in [0, 0.05) is 18.8 Å². The van der Waals surface area contributed by atoms with Crippen molar-refractivity contribution in [3.05, 3.63) is 48.5 Å². The van der Waals surface area contributed by atoms with Crippen LogP contribution in [0.1, 0.15) is 44.9 Å². The van der Waals surface area contributed by atoms with Gasteiger partial charge in [0.15, 0.2) is 11.5 Å². The van der Waals surface area contributed by atoms with Gasteiger partial charge >= 0.3 is 0 Å². The van der Waals surface area contributed by atoms with Gasteiger partial charge in [0.1, 0.15) is 5.82 Å². The Morgan fingerprint density at radius 1 is 1.19 bits per heavy atom. The van der Waals surface area contributed by atoms with Crippen LogP contribution in [0.5, 0.6) is 0 Å². The second-order valence-electron chi connectivity index (χ2n) is 7.21. The van der Waals surface area contributed by atoms with Crippen LogP contribution in [0.4, 0.5) is 10.2 Å². The second kappa shape index (κ2) is 7.86. The molecule has 0 atom stereocenters. The number of carbonyl (C=O) groups is 1. The maximum absolute atomic E-state index is 13.3. The quantitative estimate of drug-likeness (QED) is 0.703. The first-order valence-electron chi connectivity index (χ1n) is 9.60. The van der Waals surface area contributed by atoms with Gasteiger partial charge in [0.2, 0.25) is 5.91 Å². The van der Waals surface area contributed by atoms with Crippen molar-refractivity contribution in [1.29, 1.82) is 0 Å². The number of fused-ring (bicyclic) bond motifs is 1. The van der Waals surface area contributed by atoms with Crippen molar-refractivity contribution in [2.75, 3.05) is 5.32 Å². The smallest absolute Gasteiger partial charge is 0.225 e. The highest BCUT2D eigenvalue weighted by atomic mass is 19.1. The van der Waals surface area contributed by atoms with Crippen molar-refractivity contribution in [2.45, 2.75) is 44.9 Å². The number of aromatic nitrogens is 3. The molecule has 1 N–H and O–H groups in total. The average Bonchev–Trinajstić information content (AvgIpc) is 3.05. The highest BCUT2D eigenvalue weighted by molar-refractivity contribution is 5.97. The molecule has 0 unspecified atom stereocenters. The molecule has 0 bridgehead atoms. The second-order valence-corrected chi connectivity index (χ2v) is 7.21. The van der Waals surface area contributed by atoms with E-state index in [-0.39, 0.29) is 11.7 Å². The van der Waals surface area contributed by atoms with Crippen molar-refractivity contribution < 1.29 is 9.18 Å². The van der Waals surface area contributed by atoms with E-state index in [2.05, 4.69) is 15.4 Å². The minimum absolute atomic E-state index is 0.0349. The first kappa shape index (κ1) is 17.6. The molecule has 0 aliphatic heterocycles. The molecule has 1 saturated carbocycles. The Labute approximate surface area is 157 Å². The Hall–Kier alpha value is -2.76. The lowest BCUT2D eigenvalue weighted by Crippen LogP contribution is -2.15. The molecule has 2 aromatic heterocycles. The number of amides is 1. The van der Waals surface area contributed by atoms with Gasteiger partial charge in [0.05, 0.1) is 5.56 Å². The number of nitrogens with one attached hydrogen (secondary N) is 1. The summed E-state index contributed by atoms with van der Waals surface area (Å²) in [6.45, 7) is 0. The Balaban J connectivity index is 1.56. The molecule has 140 valence electrons. The monoisotopic (exact) mass is 366 g/mol. The summed E-state index contributed by atoms with van der Waals surface area (Å²) in [5.74, 6) is 0.784. The van der Waals surface area contributed by atoms with E-state index in [0.717, 1.165) is 12.0 Å². The van der Waals surface area contributed by atoms with E-state index in [4.69, 9.17) is 0 Å². The molecule has 0 saturated heterocycles. The third kappa shape index (κ3) is 3.99. The summed E-state index contributed by atoms with van der Waals surface area (Å²) in [6, 6.07) is 7.94. The van der Waals surface area contributed by atoms with Gasteiger partial charge in [-0.2, -0.15) is 0 Å². The van der Waals surface area contributed by atoms with E-state index in [1.807, 2.05) is 0 Å². The van der Waals surface area contributed by atoms with E-state index in [1.54, 1.807) is 35.1 Å². The van der Waals surface area contributed by atoms with Crippen LogP contribution in [-0.2, 0) is 4.79 Å². The zero-order chi connectivity index (χ0) is 18.6. The van der Waals surface area contributed by atoms with Crippen LogP contribution in [0.15, 0.2) is 42.7 Å². The molecule has 1 amide bonds. The van der Waals surface area contributed by atoms with E-state index < -0.39 is 0 Å². The minimum Gasteiger partial charge on any atom is -0.309 e. The third-order valence-corrected chi connectivity index (χ3v) is 5.29. The number of nitrogens with zero attached hydrogens (tertiary/aromatic N) is 3. The van der Waals surface area contributed by atoms with Crippen molar-refractivity contribution in [3.8, 4) is 11.1 Å². The topological polar surface area (TPSA) is 59.3 Å². The Morgan fingerprint density at radius 3 is 2.74 bits per heavy atom. The van der Waals surface area contributed by atoms with Crippen LogP contribution in [0, 0.1) is 11.7 Å². The van der Waals surface area contributed by atoms with Crippen molar-refractivity contribution >= 4 is 17.4 Å². The van der Waals surface area contributed by atoms with Gasteiger partial charge in [0.25, 0.3) is 0 Å². The first-order chi connectivity index (χ1) is 13.2. The largest absolute Gasteiger partial charge is 0.309 e. The van der Waals surface area contributed by atoms with Crippen LogP contribution in [-0.4, -0.2) is 20.5 Å². The number of halogens is 1. The lowest BCUT2D eigenvalue weighted by atomic mass is 9.86. The zero-order valence-electron chi connectivity index (χ0n) is 15.2. The molecule has 1 aliphatic carbocycles. The lowest BCUT2D eigenvalue weighted by molar-refractivity contribution is -0.116. The van der Waals surface area contributed by atoms with E-state index in [0.29, 0.717) is 29.4 Å². The molecular formula is C21H23FN4O. The summed E-state index contributed by atoms with van der Waals surface area (Å²) in [5, 5.41) is 7.42. The fourth-order valence-corrected chi connectivity index (χ4v) is 3.86. The highest BCUT2D eigenvalue weighted by Gasteiger charge is 2.19. The van der Waals surface area contributed by atoms with Crippen LogP contribution >= 0.6 is 0 Å². The third-order valence-electron chi connectivity index (χ3n) is 5.29. The molecule has 0 radical (unpaired) electrons. The summed E-state index contributed by atoms with van der Waals surface area (Å²) in [7, 11) is 0. The van der Waals surface area contributed by atoms with E-state index >= 15 is 0 Å². The molecule has 2 heterocycles. The fourth-order valence-electron chi connectivity index (χ4n) is 3.86. The van der Waals surface area contributed by atoms with Gasteiger partial charge in [-0.15, -0.1) is 5.10 Å². The SMILES string of the molecule is O=C(CCC1CCCCC1)Nc1nn2cccnc2c1-c1ccc(F)cc1. The molecule has 3 aromatic rings. The number of hydrogen-bond donors (Lipinski definition) is 1. The van der Waals surface area contributed by atoms with E-state index in [1.165, 1.54) is 44.2 Å². The van der Waals surface area contributed by atoms with Gasteiger partial charge in [-0.05, 0) is 36.1 Å². The highest BCUT2D eigenvalue weighted by Crippen LogP contribution is 2.32. The Bertz CT molecular complexity index is 929. The van der Waals surface area contributed by atoms with Crippen LogP contribution in [0.2, 0.25) is 0 Å². The molecule has 27 heavy (non-hydrogen) atoms. The summed E-state index contributed by atoms with van der Waals surface area (Å²) in [5.41, 5.74) is 2.11.